The largest absolute Gasteiger partial charge is 0.293 e. The van der Waals surface area contributed by atoms with Crippen molar-refractivity contribution in [3.63, 3.8) is 0 Å². The molecule has 0 saturated carbocycles. The van der Waals surface area contributed by atoms with Crippen LogP contribution in [0.3, 0.4) is 0 Å². The minimum absolute atomic E-state index is 0.106. The lowest BCUT2D eigenvalue weighted by Gasteiger charge is -2.33. The first-order valence-corrected chi connectivity index (χ1v) is 8.56. The lowest BCUT2D eigenvalue weighted by Crippen LogP contribution is -2.37. The highest BCUT2D eigenvalue weighted by Crippen LogP contribution is 2.38. The van der Waals surface area contributed by atoms with Gasteiger partial charge in [-0.05, 0) is 17.5 Å². The summed E-state index contributed by atoms with van der Waals surface area (Å²) >= 11 is 0. The zero-order valence-electron chi connectivity index (χ0n) is 13.4. The molecule has 118 valence electrons. The molecular weight excluding hydrogens is 311 g/mol. The van der Waals surface area contributed by atoms with Gasteiger partial charge >= 0.3 is 0 Å². The summed E-state index contributed by atoms with van der Waals surface area (Å²) in [5.74, 6) is 2.00. The SMILES string of the molecule is O=C(c1ccccc1)C(CC=P)(c1ccccc1)c1ccccc1. The van der Waals surface area contributed by atoms with Gasteiger partial charge in [0.25, 0.3) is 0 Å². The van der Waals surface area contributed by atoms with E-state index in [1.165, 1.54) is 0 Å². The molecule has 0 atom stereocenters. The third-order valence-corrected chi connectivity index (χ3v) is 4.57. The second-order valence-electron chi connectivity index (χ2n) is 5.74. The summed E-state index contributed by atoms with van der Waals surface area (Å²) in [6.45, 7) is 0. The Morgan fingerprint density at radius 1 is 0.750 bits per heavy atom. The van der Waals surface area contributed by atoms with Gasteiger partial charge in [0.2, 0.25) is 0 Å². The van der Waals surface area contributed by atoms with E-state index in [9.17, 15) is 4.79 Å². The lowest BCUT2D eigenvalue weighted by molar-refractivity contribution is 0.0916. The summed E-state index contributed by atoms with van der Waals surface area (Å²) in [5.41, 5.74) is 1.98. The molecule has 0 heterocycles. The lowest BCUT2D eigenvalue weighted by atomic mass is 9.68. The Morgan fingerprint density at radius 3 is 1.58 bits per heavy atom. The van der Waals surface area contributed by atoms with E-state index in [0.29, 0.717) is 6.42 Å². The highest BCUT2D eigenvalue weighted by atomic mass is 31.0. The van der Waals surface area contributed by atoms with Crippen LogP contribution in [-0.2, 0) is 5.41 Å². The topological polar surface area (TPSA) is 17.1 Å². The first-order chi connectivity index (χ1) is 11.8. The molecule has 0 N–H and O–H groups in total. The van der Waals surface area contributed by atoms with Crippen LogP contribution in [0.1, 0.15) is 27.9 Å². The van der Waals surface area contributed by atoms with Crippen LogP contribution < -0.4 is 0 Å². The molecule has 0 aliphatic rings. The van der Waals surface area contributed by atoms with Crippen LogP contribution in [-0.4, -0.2) is 11.6 Å². The molecule has 0 saturated heterocycles. The molecule has 3 aromatic rings. The van der Waals surface area contributed by atoms with Crippen LogP contribution in [0, 0.1) is 0 Å². The molecule has 24 heavy (non-hydrogen) atoms. The number of carbonyl (C=O) groups excluding carboxylic acids is 1. The average Bonchev–Trinajstić information content (AvgIpc) is 2.68. The van der Waals surface area contributed by atoms with Gasteiger partial charge in [0, 0.05) is 5.56 Å². The Labute approximate surface area is 145 Å². The number of benzene rings is 3. The summed E-state index contributed by atoms with van der Waals surface area (Å²) in [7, 11) is 3.50. The number of Topliss-reactive ketones (excluding diaryl/α,β-unsaturated/α-hetero) is 1. The number of hydrogen-bond acceptors (Lipinski definition) is 1. The Hall–Kier alpha value is -2.50. The predicted molar refractivity (Wildman–Crippen MR) is 103 cm³/mol. The van der Waals surface area contributed by atoms with Crippen LogP contribution in [0.15, 0.2) is 91.0 Å². The summed E-state index contributed by atoms with van der Waals surface area (Å²) < 4.78 is 0. The van der Waals surface area contributed by atoms with E-state index in [1.807, 2.05) is 96.8 Å². The zero-order valence-corrected chi connectivity index (χ0v) is 14.4. The fourth-order valence-corrected chi connectivity index (χ4v) is 3.50. The van der Waals surface area contributed by atoms with E-state index < -0.39 is 5.41 Å². The smallest absolute Gasteiger partial charge is 0.178 e. The minimum Gasteiger partial charge on any atom is -0.293 e. The van der Waals surface area contributed by atoms with Crippen molar-refractivity contribution in [3.05, 3.63) is 108 Å². The molecule has 3 rings (SSSR count). The van der Waals surface area contributed by atoms with E-state index >= 15 is 0 Å². The van der Waals surface area contributed by atoms with Crippen LogP contribution >= 0.6 is 8.86 Å². The van der Waals surface area contributed by atoms with Crippen molar-refractivity contribution < 1.29 is 4.79 Å². The van der Waals surface area contributed by atoms with Crippen LogP contribution in [0.25, 0.3) is 0 Å². The van der Waals surface area contributed by atoms with Gasteiger partial charge in [-0.2, -0.15) is 0 Å². The molecule has 0 amide bonds. The highest BCUT2D eigenvalue weighted by molar-refractivity contribution is 7.18. The molecule has 0 aliphatic heterocycles. The predicted octanol–water partition coefficient (Wildman–Crippen LogP) is 5.19. The summed E-state index contributed by atoms with van der Waals surface area (Å²) in [6, 6.07) is 29.5. The van der Waals surface area contributed by atoms with E-state index in [-0.39, 0.29) is 5.78 Å². The third-order valence-electron chi connectivity index (χ3n) is 4.37. The Bertz CT molecular complexity index is 771. The first-order valence-electron chi connectivity index (χ1n) is 7.99. The summed E-state index contributed by atoms with van der Waals surface area (Å²) in [5, 5.41) is 0. The van der Waals surface area contributed by atoms with Gasteiger partial charge < -0.3 is 0 Å². The Morgan fingerprint density at radius 2 is 1.17 bits per heavy atom. The highest BCUT2D eigenvalue weighted by Gasteiger charge is 2.41. The normalized spacial score (nSPS) is 11.0. The zero-order chi connectivity index (χ0) is 16.8. The summed E-state index contributed by atoms with van der Waals surface area (Å²) in [4.78, 5) is 13.6. The summed E-state index contributed by atoms with van der Waals surface area (Å²) in [6.07, 6.45) is 0.575. The van der Waals surface area contributed by atoms with E-state index in [2.05, 4.69) is 8.86 Å². The second-order valence-corrected chi connectivity index (χ2v) is 6.15. The van der Waals surface area contributed by atoms with E-state index in [4.69, 9.17) is 0 Å². The molecule has 0 fully saturated rings. The van der Waals surface area contributed by atoms with Crippen LogP contribution in [0.4, 0.5) is 0 Å². The number of ketones is 1. The molecule has 3 aromatic carbocycles. The van der Waals surface area contributed by atoms with Gasteiger partial charge in [0.1, 0.15) is 0 Å². The number of hydrogen-bond donors (Lipinski definition) is 0. The van der Waals surface area contributed by atoms with E-state index in [1.54, 1.807) is 0 Å². The van der Waals surface area contributed by atoms with Gasteiger partial charge in [-0.15, -0.1) is 8.86 Å². The van der Waals surface area contributed by atoms with Crippen LogP contribution in [0.2, 0.25) is 0 Å². The van der Waals surface area contributed by atoms with Gasteiger partial charge in [-0.3, -0.25) is 4.79 Å². The minimum atomic E-state index is -0.744. The fourth-order valence-electron chi connectivity index (χ4n) is 3.19. The number of rotatable bonds is 6. The number of carbonyl (C=O) groups is 1. The van der Waals surface area contributed by atoms with Crippen molar-refractivity contribution in [2.75, 3.05) is 0 Å². The van der Waals surface area contributed by atoms with Crippen molar-refractivity contribution in [2.45, 2.75) is 11.8 Å². The van der Waals surface area contributed by atoms with Crippen molar-refractivity contribution in [1.29, 1.82) is 0 Å². The Kier molecular flexibility index (Phi) is 5.03. The van der Waals surface area contributed by atoms with Crippen LogP contribution in [0.5, 0.6) is 0 Å². The molecule has 0 bridgehead atoms. The molecule has 0 aliphatic carbocycles. The molecule has 1 nitrogen and oxygen atoms in total. The molecule has 0 aromatic heterocycles. The Balaban J connectivity index is 2.27. The molecule has 0 radical (unpaired) electrons. The maximum absolute atomic E-state index is 13.6. The maximum atomic E-state index is 13.6. The van der Waals surface area contributed by atoms with Crippen molar-refractivity contribution in [2.24, 2.45) is 0 Å². The maximum Gasteiger partial charge on any atom is 0.178 e. The second kappa shape index (κ2) is 7.38. The molecule has 0 unspecified atom stereocenters. The monoisotopic (exact) mass is 330 g/mol. The molecule has 0 spiro atoms. The van der Waals surface area contributed by atoms with Gasteiger partial charge in [0.05, 0.1) is 5.41 Å². The van der Waals surface area contributed by atoms with Crippen molar-refractivity contribution >= 4 is 20.4 Å². The standard InChI is InChI=1S/C22H19OP/c23-21(18-10-4-1-5-11-18)22(16-17-24,19-12-6-2-7-13-19)20-14-8-3-9-15-20/h1-15,17,24H,16H2. The van der Waals surface area contributed by atoms with Gasteiger partial charge in [-0.25, -0.2) is 0 Å². The van der Waals surface area contributed by atoms with E-state index in [0.717, 1.165) is 16.7 Å². The van der Waals surface area contributed by atoms with Gasteiger partial charge in [0.15, 0.2) is 5.78 Å². The molecular formula is C22H19OP. The molecule has 2 heteroatoms. The van der Waals surface area contributed by atoms with Gasteiger partial charge in [-0.1, -0.05) is 96.8 Å². The third kappa shape index (κ3) is 2.96. The fraction of sp³-hybridized carbons (Fsp3) is 0.0909. The quantitative estimate of drug-likeness (QED) is 0.449. The first kappa shape index (κ1) is 16.4. The van der Waals surface area contributed by atoms with Crippen molar-refractivity contribution in [1.82, 2.24) is 0 Å². The van der Waals surface area contributed by atoms with Crippen molar-refractivity contribution in [3.8, 4) is 0 Å². The average molecular weight is 330 g/mol.